The second-order valence-corrected chi connectivity index (χ2v) is 5.48. The molecule has 1 saturated heterocycles. The van der Waals surface area contributed by atoms with Crippen LogP contribution in [0.25, 0.3) is 0 Å². The Morgan fingerprint density at radius 1 is 1.47 bits per heavy atom. The van der Waals surface area contributed by atoms with Gasteiger partial charge in [-0.25, -0.2) is 0 Å². The molecule has 0 amide bonds. The highest BCUT2D eigenvalue weighted by molar-refractivity contribution is 5.05. The molecule has 0 radical (unpaired) electrons. The molecule has 1 aromatic heterocycles. The summed E-state index contributed by atoms with van der Waals surface area (Å²) in [5.74, 6) is 0. The van der Waals surface area contributed by atoms with E-state index in [1.54, 1.807) is 7.11 Å². The number of methoxy groups -OCH3 is 1. The van der Waals surface area contributed by atoms with Crippen molar-refractivity contribution in [3.8, 4) is 0 Å². The molecule has 1 N–H and O–H groups in total. The Hall–Kier alpha value is -0.910. The third kappa shape index (κ3) is 3.16. The molecule has 1 atom stereocenters. The summed E-state index contributed by atoms with van der Waals surface area (Å²) in [6, 6.07) is 2.30. The van der Waals surface area contributed by atoms with Gasteiger partial charge in [0, 0.05) is 51.8 Å². The first-order valence-corrected chi connectivity index (χ1v) is 6.92. The van der Waals surface area contributed by atoms with Crippen molar-refractivity contribution in [1.29, 1.82) is 0 Å². The highest BCUT2D eigenvalue weighted by Crippen LogP contribution is 2.29. The second kappa shape index (κ2) is 6.03. The molecule has 19 heavy (non-hydrogen) atoms. The van der Waals surface area contributed by atoms with E-state index in [-0.39, 0.29) is 0 Å². The minimum absolute atomic E-state index is 0.338. The van der Waals surface area contributed by atoms with Gasteiger partial charge in [0.05, 0.1) is 17.4 Å². The molecular weight excluding hydrogens is 244 g/mol. The topological polar surface area (TPSA) is 56.5 Å². The van der Waals surface area contributed by atoms with Gasteiger partial charge in [0.25, 0.3) is 0 Å². The number of ether oxygens (including phenoxy) is 2. The normalized spacial score (nSPS) is 20.7. The molecule has 5 heteroatoms. The number of aromatic nitrogens is 2. The van der Waals surface area contributed by atoms with Crippen molar-refractivity contribution < 1.29 is 14.6 Å². The highest BCUT2D eigenvalue weighted by atomic mass is 16.5. The third-order valence-electron chi connectivity index (χ3n) is 3.95. The Bertz CT molecular complexity index is 397. The van der Waals surface area contributed by atoms with E-state index in [0.29, 0.717) is 25.7 Å². The van der Waals surface area contributed by atoms with Gasteiger partial charge in [0.2, 0.25) is 0 Å². The van der Waals surface area contributed by atoms with E-state index >= 15 is 0 Å². The Labute approximate surface area is 114 Å². The van der Waals surface area contributed by atoms with Gasteiger partial charge in [0.1, 0.15) is 0 Å². The molecule has 108 valence electrons. The second-order valence-electron chi connectivity index (χ2n) is 5.48. The van der Waals surface area contributed by atoms with Gasteiger partial charge >= 0.3 is 0 Å². The van der Waals surface area contributed by atoms with Gasteiger partial charge in [0.15, 0.2) is 0 Å². The number of hydrogen-bond donors (Lipinski definition) is 1. The van der Waals surface area contributed by atoms with Crippen molar-refractivity contribution >= 4 is 0 Å². The maximum absolute atomic E-state index is 10.5. The Kier molecular flexibility index (Phi) is 4.60. The molecule has 0 aromatic carbocycles. The van der Waals surface area contributed by atoms with E-state index in [2.05, 4.69) is 18.9 Å². The van der Waals surface area contributed by atoms with Gasteiger partial charge in [-0.3, -0.25) is 4.68 Å². The average Bonchev–Trinajstić information content (AvgIpc) is 2.88. The van der Waals surface area contributed by atoms with Crippen LogP contribution in [0.3, 0.4) is 0 Å². The van der Waals surface area contributed by atoms with Gasteiger partial charge in [-0.2, -0.15) is 5.10 Å². The molecular formula is C14H24N2O3. The van der Waals surface area contributed by atoms with Crippen LogP contribution >= 0.6 is 0 Å². The van der Waals surface area contributed by atoms with Gasteiger partial charge in [-0.05, 0) is 19.9 Å². The average molecular weight is 268 g/mol. The first kappa shape index (κ1) is 14.5. The molecule has 0 aliphatic carbocycles. The fraction of sp³-hybridized carbons (Fsp3) is 0.786. The van der Waals surface area contributed by atoms with Crippen LogP contribution in [0.1, 0.15) is 38.4 Å². The van der Waals surface area contributed by atoms with Crippen molar-refractivity contribution in [2.24, 2.45) is 0 Å². The summed E-state index contributed by atoms with van der Waals surface area (Å²) in [6.07, 6.45) is 3.39. The van der Waals surface area contributed by atoms with E-state index in [1.807, 2.05) is 16.9 Å². The molecule has 2 heterocycles. The molecule has 2 rings (SSSR count). The molecule has 5 nitrogen and oxygen atoms in total. The summed E-state index contributed by atoms with van der Waals surface area (Å²) in [5.41, 5.74) is 0.420. The molecule has 1 unspecified atom stereocenters. The van der Waals surface area contributed by atoms with Crippen molar-refractivity contribution in [1.82, 2.24) is 9.78 Å². The minimum atomic E-state index is -0.545. The van der Waals surface area contributed by atoms with E-state index in [0.717, 1.165) is 18.5 Å². The zero-order valence-corrected chi connectivity index (χ0v) is 12.0. The zero-order valence-electron chi connectivity index (χ0n) is 12.0. The van der Waals surface area contributed by atoms with Crippen LogP contribution in [0.4, 0.5) is 0 Å². The maximum atomic E-state index is 10.5. The van der Waals surface area contributed by atoms with Gasteiger partial charge in [-0.15, -0.1) is 0 Å². The van der Waals surface area contributed by atoms with E-state index < -0.39 is 11.7 Å². The highest BCUT2D eigenvalue weighted by Gasteiger charge is 2.40. The maximum Gasteiger partial charge on any atom is 0.0983 e. The van der Waals surface area contributed by atoms with Crippen LogP contribution in [0.2, 0.25) is 0 Å². The van der Waals surface area contributed by atoms with Crippen LogP contribution in [0, 0.1) is 0 Å². The van der Waals surface area contributed by atoms with Crippen LogP contribution in [0.15, 0.2) is 12.3 Å². The Morgan fingerprint density at radius 3 is 2.68 bits per heavy atom. The van der Waals surface area contributed by atoms with Crippen LogP contribution in [-0.2, 0) is 15.9 Å². The predicted octanol–water partition coefficient (Wildman–Crippen LogP) is 1.56. The fourth-order valence-corrected chi connectivity index (χ4v) is 2.55. The van der Waals surface area contributed by atoms with Crippen LogP contribution in [0.5, 0.6) is 0 Å². The summed E-state index contributed by atoms with van der Waals surface area (Å²) in [6.45, 7) is 5.46. The van der Waals surface area contributed by atoms with Crippen molar-refractivity contribution in [2.75, 3.05) is 20.3 Å². The summed E-state index contributed by atoms with van der Waals surface area (Å²) < 4.78 is 12.9. The summed E-state index contributed by atoms with van der Waals surface area (Å²) in [5, 5.41) is 15.0. The molecule has 0 spiro atoms. The minimum Gasteiger partial charge on any atom is -0.390 e. The molecule has 1 fully saturated rings. The lowest BCUT2D eigenvalue weighted by molar-refractivity contribution is -0.151. The van der Waals surface area contributed by atoms with Gasteiger partial charge in [-0.1, -0.05) is 0 Å². The zero-order chi connectivity index (χ0) is 13.9. The first-order chi connectivity index (χ1) is 9.07. The molecule has 0 saturated carbocycles. The van der Waals surface area contributed by atoms with Gasteiger partial charge < -0.3 is 14.6 Å². The number of hydrogen-bond acceptors (Lipinski definition) is 4. The smallest absolute Gasteiger partial charge is 0.0983 e. The molecule has 0 bridgehead atoms. The van der Waals surface area contributed by atoms with E-state index in [4.69, 9.17) is 9.47 Å². The summed E-state index contributed by atoms with van der Waals surface area (Å²) in [4.78, 5) is 0. The Morgan fingerprint density at radius 2 is 2.16 bits per heavy atom. The standard InChI is InChI=1S/C14H24N2O3/c1-11(2)16-7-4-12(15-16)10-13(17)14(18-3)5-8-19-9-6-14/h4,7,11,13,17H,5-6,8-10H2,1-3H3. The number of aliphatic hydroxyl groups is 1. The summed E-state index contributed by atoms with van der Waals surface area (Å²) >= 11 is 0. The van der Waals surface area contributed by atoms with E-state index in [9.17, 15) is 5.11 Å². The molecule has 1 aliphatic heterocycles. The number of nitrogens with zero attached hydrogens (tertiary/aromatic N) is 2. The van der Waals surface area contributed by atoms with Crippen molar-refractivity contribution in [3.05, 3.63) is 18.0 Å². The number of rotatable bonds is 5. The van der Waals surface area contributed by atoms with Crippen molar-refractivity contribution in [3.63, 3.8) is 0 Å². The lowest BCUT2D eigenvalue weighted by Crippen LogP contribution is -2.49. The van der Waals surface area contributed by atoms with E-state index in [1.165, 1.54) is 0 Å². The lowest BCUT2D eigenvalue weighted by Gasteiger charge is -2.39. The quantitative estimate of drug-likeness (QED) is 0.880. The SMILES string of the molecule is COC1(C(O)Cc2ccn(C(C)C)n2)CCOCC1. The molecule has 1 aromatic rings. The molecule has 1 aliphatic rings. The monoisotopic (exact) mass is 268 g/mol. The number of aliphatic hydroxyl groups excluding tert-OH is 1. The largest absolute Gasteiger partial charge is 0.390 e. The first-order valence-electron chi connectivity index (χ1n) is 6.92. The predicted molar refractivity (Wildman–Crippen MR) is 72.1 cm³/mol. The van der Waals surface area contributed by atoms with Crippen LogP contribution in [-0.4, -0.2) is 46.9 Å². The fourth-order valence-electron chi connectivity index (χ4n) is 2.55. The third-order valence-corrected chi connectivity index (χ3v) is 3.95. The lowest BCUT2D eigenvalue weighted by atomic mass is 9.85. The van der Waals surface area contributed by atoms with Crippen molar-refractivity contribution in [2.45, 2.75) is 50.9 Å². The summed E-state index contributed by atoms with van der Waals surface area (Å²) in [7, 11) is 1.67. The van der Waals surface area contributed by atoms with Crippen LogP contribution < -0.4 is 0 Å². The Balaban J connectivity index is 2.03.